The number of carboxylic acid groups (broad SMARTS) is 1. The summed E-state index contributed by atoms with van der Waals surface area (Å²) in [6, 6.07) is 9.18. The Morgan fingerprint density at radius 3 is 2.54 bits per heavy atom. The highest BCUT2D eigenvalue weighted by Crippen LogP contribution is 2.40. The lowest BCUT2D eigenvalue weighted by Gasteiger charge is -2.34. The largest absolute Gasteiger partial charge is 0.510 e. The molecule has 0 saturated carbocycles. The Kier molecular flexibility index (Phi) is 8.25. The second-order valence-corrected chi connectivity index (χ2v) is 11.4. The van der Waals surface area contributed by atoms with Crippen LogP contribution in [0.5, 0.6) is 5.75 Å². The monoisotopic (exact) mass is 583 g/mol. The third-order valence-corrected chi connectivity index (χ3v) is 8.49. The number of phenols is 1. The minimum atomic E-state index is -2.13. The summed E-state index contributed by atoms with van der Waals surface area (Å²) in [6.45, 7) is 3.82. The van der Waals surface area contributed by atoms with Gasteiger partial charge in [-0.2, -0.15) is 0 Å². The molecule has 214 valence electrons. The normalized spacial score (nSPS) is 16.6. The standard InChI is InChI=1S/C28H28FN4O7P/c1-17(28(37)38)40-41(39)14-13-31-9-11-32(12-10-31)26(35)22-20-3-2-8-30-24(20)25(34)23-21(22)16-33(27(23)36)15-18-4-6-19(29)7-5-18/h2-8,17H,9-16H2,1H3,(H-,34,35,36,37,38)/p+1/t17-/m0/s1. The van der Waals surface area contributed by atoms with E-state index in [-0.39, 0.29) is 47.8 Å². The summed E-state index contributed by atoms with van der Waals surface area (Å²) in [7, 11) is -2.13. The number of aromatic nitrogens is 1. The van der Waals surface area contributed by atoms with Crippen LogP contribution in [-0.4, -0.2) is 92.7 Å². The van der Waals surface area contributed by atoms with Gasteiger partial charge < -0.3 is 20.0 Å². The molecule has 3 aromatic rings. The van der Waals surface area contributed by atoms with Gasteiger partial charge in [0.15, 0.2) is 11.9 Å². The second-order valence-electron chi connectivity index (χ2n) is 10.0. The molecule has 2 aromatic carbocycles. The summed E-state index contributed by atoms with van der Waals surface area (Å²) in [5.74, 6) is -2.54. The molecule has 41 heavy (non-hydrogen) atoms. The molecule has 0 aliphatic carbocycles. The van der Waals surface area contributed by atoms with Crippen LogP contribution in [0.4, 0.5) is 4.39 Å². The highest BCUT2D eigenvalue weighted by atomic mass is 31.1. The van der Waals surface area contributed by atoms with Gasteiger partial charge in [0.2, 0.25) is 6.10 Å². The van der Waals surface area contributed by atoms with Gasteiger partial charge in [-0.3, -0.25) is 19.5 Å². The van der Waals surface area contributed by atoms with Crippen LogP contribution in [0.3, 0.4) is 0 Å². The molecule has 2 N–H and O–H groups in total. The molecule has 13 heteroatoms. The van der Waals surface area contributed by atoms with Crippen LogP contribution in [0.15, 0.2) is 42.6 Å². The average Bonchev–Trinajstić information content (AvgIpc) is 3.28. The topological polar surface area (TPSA) is 141 Å². The molecule has 0 bridgehead atoms. The first-order chi connectivity index (χ1) is 19.6. The van der Waals surface area contributed by atoms with Gasteiger partial charge in [-0.05, 0) is 35.3 Å². The van der Waals surface area contributed by atoms with Crippen molar-refractivity contribution in [2.45, 2.75) is 26.1 Å². The lowest BCUT2D eigenvalue weighted by molar-refractivity contribution is -0.144. The Balaban J connectivity index is 1.33. The van der Waals surface area contributed by atoms with Crippen molar-refractivity contribution < 1.29 is 38.1 Å². The van der Waals surface area contributed by atoms with Crippen LogP contribution in [0.25, 0.3) is 10.9 Å². The van der Waals surface area contributed by atoms with Crippen LogP contribution in [0.2, 0.25) is 0 Å². The quantitative estimate of drug-likeness (QED) is 0.363. The summed E-state index contributed by atoms with van der Waals surface area (Å²) < 4.78 is 30.5. The molecule has 11 nitrogen and oxygen atoms in total. The molecule has 1 saturated heterocycles. The van der Waals surface area contributed by atoms with Crippen molar-refractivity contribution in [2.75, 3.05) is 38.9 Å². The van der Waals surface area contributed by atoms with Crippen molar-refractivity contribution >= 4 is 36.7 Å². The van der Waals surface area contributed by atoms with Crippen molar-refractivity contribution in [3.05, 3.63) is 70.7 Å². The van der Waals surface area contributed by atoms with E-state index in [9.17, 15) is 28.4 Å². The molecule has 1 fully saturated rings. The van der Waals surface area contributed by atoms with Crippen molar-refractivity contribution in [1.29, 1.82) is 0 Å². The number of carbonyl (C=O) groups excluding carboxylic acids is 2. The van der Waals surface area contributed by atoms with Crippen LogP contribution in [0.1, 0.15) is 38.8 Å². The Morgan fingerprint density at radius 2 is 1.85 bits per heavy atom. The Bertz CT molecular complexity index is 1530. The molecule has 2 amide bonds. The number of phenolic OH excluding ortho intramolecular Hbond substituents is 1. The maximum atomic E-state index is 14.0. The van der Waals surface area contributed by atoms with Crippen molar-refractivity contribution in [3.8, 4) is 5.75 Å². The van der Waals surface area contributed by atoms with Gasteiger partial charge in [0, 0.05) is 63.0 Å². The predicted octanol–water partition coefficient (Wildman–Crippen LogP) is 3.23. The number of nitrogens with zero attached hydrogens (tertiary/aromatic N) is 4. The van der Waals surface area contributed by atoms with E-state index in [2.05, 4.69) is 4.98 Å². The number of aliphatic carboxylic acids is 1. The van der Waals surface area contributed by atoms with Crippen molar-refractivity contribution in [3.63, 3.8) is 0 Å². The van der Waals surface area contributed by atoms with E-state index in [1.54, 1.807) is 29.2 Å². The molecule has 5 rings (SSSR count). The van der Waals surface area contributed by atoms with E-state index in [4.69, 9.17) is 9.63 Å². The van der Waals surface area contributed by atoms with Crippen molar-refractivity contribution in [1.82, 2.24) is 19.7 Å². The van der Waals surface area contributed by atoms with Gasteiger partial charge in [0.25, 0.3) is 11.8 Å². The van der Waals surface area contributed by atoms with Gasteiger partial charge >= 0.3 is 14.0 Å². The van der Waals surface area contributed by atoms with E-state index in [1.807, 2.05) is 4.90 Å². The fourth-order valence-corrected chi connectivity index (χ4v) is 6.16. The molecular weight excluding hydrogens is 554 g/mol. The zero-order valence-corrected chi connectivity index (χ0v) is 23.2. The lowest BCUT2D eigenvalue weighted by Crippen LogP contribution is -2.49. The number of pyridine rings is 1. The molecular formula is C28H29FN4O7P+. The van der Waals surface area contributed by atoms with Crippen LogP contribution in [0, 0.1) is 5.82 Å². The summed E-state index contributed by atoms with van der Waals surface area (Å²) in [4.78, 5) is 47.8. The first-order valence-electron chi connectivity index (χ1n) is 13.2. The average molecular weight is 584 g/mol. The fourth-order valence-electron chi connectivity index (χ4n) is 5.17. The number of carbonyl (C=O) groups is 3. The summed E-state index contributed by atoms with van der Waals surface area (Å²) in [5, 5.41) is 20.4. The molecule has 2 aliphatic rings. The van der Waals surface area contributed by atoms with Crippen LogP contribution in [-0.2, 0) is 27.0 Å². The number of carboxylic acids is 1. The fraction of sp³-hybridized carbons (Fsp3) is 0.357. The number of amides is 2. The minimum absolute atomic E-state index is 0.0553. The second kappa shape index (κ2) is 11.9. The summed E-state index contributed by atoms with van der Waals surface area (Å²) >= 11 is 0. The van der Waals surface area contributed by atoms with E-state index >= 15 is 0 Å². The third kappa shape index (κ3) is 5.90. The zero-order valence-electron chi connectivity index (χ0n) is 22.3. The minimum Gasteiger partial charge on any atom is -0.505 e. The Hall–Kier alpha value is -3.99. The lowest BCUT2D eigenvalue weighted by atomic mass is 9.95. The van der Waals surface area contributed by atoms with Crippen molar-refractivity contribution in [2.24, 2.45) is 0 Å². The van der Waals surface area contributed by atoms with Gasteiger partial charge in [-0.15, -0.1) is 4.52 Å². The summed E-state index contributed by atoms with van der Waals surface area (Å²) in [5.41, 5.74) is 1.69. The maximum Gasteiger partial charge on any atom is 0.510 e. The maximum absolute atomic E-state index is 14.0. The van der Waals surface area contributed by atoms with Gasteiger partial charge in [0.1, 0.15) is 11.3 Å². The molecule has 0 radical (unpaired) electrons. The molecule has 2 atom stereocenters. The number of hydrogen-bond acceptors (Lipinski definition) is 8. The number of hydrogen-bond donors (Lipinski definition) is 2. The van der Waals surface area contributed by atoms with E-state index in [0.717, 1.165) is 0 Å². The SMILES string of the molecule is C[C@H](O[P+](=O)CCN1CCN(C(=O)c2c3c(c(O)c4ncccc24)C(=O)N(Cc2ccc(F)cc2)C3)CC1)C(=O)O. The Labute approximate surface area is 236 Å². The molecule has 1 aromatic heterocycles. The van der Waals surface area contributed by atoms with E-state index in [0.29, 0.717) is 54.8 Å². The van der Waals surface area contributed by atoms with Gasteiger partial charge in [0.05, 0.1) is 11.1 Å². The molecule has 2 aliphatic heterocycles. The van der Waals surface area contributed by atoms with Gasteiger partial charge in [-0.25, -0.2) is 9.18 Å². The predicted molar refractivity (Wildman–Crippen MR) is 146 cm³/mol. The zero-order chi connectivity index (χ0) is 29.3. The highest BCUT2D eigenvalue weighted by Gasteiger charge is 2.38. The molecule has 3 heterocycles. The van der Waals surface area contributed by atoms with E-state index in [1.165, 1.54) is 30.2 Å². The van der Waals surface area contributed by atoms with E-state index < -0.39 is 26.0 Å². The number of aromatic hydroxyl groups is 1. The highest BCUT2D eigenvalue weighted by molar-refractivity contribution is 7.39. The van der Waals surface area contributed by atoms with Crippen LogP contribution >= 0.6 is 8.03 Å². The molecule has 0 spiro atoms. The van der Waals surface area contributed by atoms with Crippen LogP contribution < -0.4 is 0 Å². The number of benzene rings is 2. The first kappa shape index (κ1) is 28.5. The number of rotatable bonds is 9. The molecule has 1 unspecified atom stereocenters. The number of halogens is 1. The summed E-state index contributed by atoms with van der Waals surface area (Å²) in [6.07, 6.45) is 0.514. The number of piperazine rings is 1. The van der Waals surface area contributed by atoms with Gasteiger partial charge in [-0.1, -0.05) is 18.2 Å². The Morgan fingerprint density at radius 1 is 1.15 bits per heavy atom. The number of fused-ring (bicyclic) bond motifs is 2. The first-order valence-corrected chi connectivity index (χ1v) is 14.5. The smallest absolute Gasteiger partial charge is 0.505 e. The third-order valence-electron chi connectivity index (χ3n) is 7.37.